The molecule has 11 heteroatoms. The van der Waals surface area contributed by atoms with Crippen LogP contribution in [0.5, 0.6) is 0 Å². The van der Waals surface area contributed by atoms with Crippen molar-refractivity contribution in [3.8, 4) is 0 Å². The minimum Gasteiger partial charge on any atom is -0.394 e. The molecule has 23 heavy (non-hydrogen) atoms. The molecule has 0 radical (unpaired) electrons. The Bertz CT molecular complexity index is 370. The Morgan fingerprint density at radius 1 is 1.13 bits per heavy atom. The van der Waals surface area contributed by atoms with Crippen molar-refractivity contribution in [2.24, 2.45) is 5.73 Å². The lowest BCUT2D eigenvalue weighted by molar-refractivity contribution is -0.320. The van der Waals surface area contributed by atoms with E-state index < -0.39 is 68.3 Å². The van der Waals surface area contributed by atoms with Crippen LogP contribution in [0, 0.1) is 0 Å². The molecule has 1 aliphatic rings. The first-order chi connectivity index (χ1) is 10.8. The van der Waals surface area contributed by atoms with Crippen LogP contribution < -0.4 is 5.73 Å². The molecule has 9 N–H and O–H groups in total. The fraction of sp³-hybridized carbons (Fsp3) is 0.917. The van der Waals surface area contributed by atoms with Crippen molar-refractivity contribution in [3.63, 3.8) is 0 Å². The molecular formula is C12H23NO10. The molecule has 0 aliphatic carbocycles. The number of ether oxygens (including phenoxy) is 2. The third-order valence-corrected chi connectivity index (χ3v) is 3.59. The predicted octanol–water partition coefficient (Wildman–Crippen LogP) is -5.59. The molecule has 0 bridgehead atoms. The largest absolute Gasteiger partial charge is 0.394 e. The van der Waals surface area contributed by atoms with Gasteiger partial charge in [0.05, 0.1) is 19.3 Å². The lowest BCUT2D eigenvalue weighted by atomic mass is 9.98. The van der Waals surface area contributed by atoms with Gasteiger partial charge in [-0.25, -0.2) is 0 Å². The van der Waals surface area contributed by atoms with E-state index in [2.05, 4.69) is 0 Å². The van der Waals surface area contributed by atoms with E-state index in [1.54, 1.807) is 0 Å². The molecular weight excluding hydrogens is 318 g/mol. The van der Waals surface area contributed by atoms with Gasteiger partial charge < -0.3 is 55.7 Å². The summed E-state index contributed by atoms with van der Waals surface area (Å²) in [6.07, 6.45) is -12.9. The van der Waals surface area contributed by atoms with Gasteiger partial charge in [-0.2, -0.15) is 0 Å². The first-order valence-electron chi connectivity index (χ1n) is 6.92. The van der Waals surface area contributed by atoms with E-state index in [0.29, 0.717) is 0 Å². The smallest absolute Gasteiger partial charge is 0.187 e. The van der Waals surface area contributed by atoms with Crippen LogP contribution in [0.2, 0.25) is 0 Å². The summed E-state index contributed by atoms with van der Waals surface area (Å²) in [5.74, 6) is 0. The molecule has 1 heterocycles. The molecule has 0 aromatic rings. The molecule has 136 valence electrons. The van der Waals surface area contributed by atoms with Gasteiger partial charge >= 0.3 is 0 Å². The average Bonchev–Trinajstić information content (AvgIpc) is 2.57. The second-order valence-corrected chi connectivity index (χ2v) is 5.25. The number of aldehydes is 1. The van der Waals surface area contributed by atoms with Gasteiger partial charge in [0.2, 0.25) is 0 Å². The summed E-state index contributed by atoms with van der Waals surface area (Å²) in [7, 11) is 0. The summed E-state index contributed by atoms with van der Waals surface area (Å²) in [4.78, 5) is 10.8. The van der Waals surface area contributed by atoms with Crippen LogP contribution >= 0.6 is 0 Å². The van der Waals surface area contributed by atoms with Crippen LogP contribution in [0.4, 0.5) is 0 Å². The number of hydrogen-bond donors (Lipinski definition) is 8. The van der Waals surface area contributed by atoms with Crippen molar-refractivity contribution < 1.29 is 50.0 Å². The van der Waals surface area contributed by atoms with Crippen molar-refractivity contribution in [1.82, 2.24) is 0 Å². The number of aliphatic hydroxyl groups excluding tert-OH is 7. The monoisotopic (exact) mass is 341 g/mol. The topological polar surface area (TPSA) is 203 Å². The summed E-state index contributed by atoms with van der Waals surface area (Å²) in [6, 6.07) is -1.45. The molecule has 0 unspecified atom stereocenters. The third-order valence-electron chi connectivity index (χ3n) is 3.59. The number of carbonyl (C=O) groups excluding carboxylic acids is 1. The Hall–Kier alpha value is -0.730. The zero-order valence-corrected chi connectivity index (χ0v) is 12.1. The maximum absolute atomic E-state index is 10.8. The molecule has 0 aromatic heterocycles. The van der Waals surface area contributed by atoms with E-state index >= 15 is 0 Å². The van der Waals surface area contributed by atoms with Gasteiger partial charge in [0.1, 0.15) is 49.0 Å². The second kappa shape index (κ2) is 8.94. The van der Waals surface area contributed by atoms with Crippen LogP contribution in [0.3, 0.4) is 0 Å². The zero-order chi connectivity index (χ0) is 17.7. The second-order valence-electron chi connectivity index (χ2n) is 5.25. The van der Waals surface area contributed by atoms with E-state index in [1.807, 2.05) is 0 Å². The molecule has 9 atom stereocenters. The van der Waals surface area contributed by atoms with E-state index in [4.69, 9.17) is 25.4 Å². The third kappa shape index (κ3) is 4.64. The Kier molecular flexibility index (Phi) is 7.89. The molecule has 0 saturated carbocycles. The molecule has 1 rings (SSSR count). The Labute approximate surface area is 131 Å². The van der Waals surface area contributed by atoms with Crippen molar-refractivity contribution in [2.45, 2.75) is 55.1 Å². The van der Waals surface area contributed by atoms with Gasteiger partial charge in [-0.15, -0.1) is 0 Å². The van der Waals surface area contributed by atoms with Crippen molar-refractivity contribution in [2.75, 3.05) is 13.2 Å². The summed E-state index contributed by atoms with van der Waals surface area (Å²) >= 11 is 0. The number of nitrogens with two attached hydrogens (primary N) is 1. The maximum Gasteiger partial charge on any atom is 0.187 e. The van der Waals surface area contributed by atoms with Crippen LogP contribution in [0.15, 0.2) is 0 Å². The quantitative estimate of drug-likeness (QED) is 0.195. The lowest BCUT2D eigenvalue weighted by Gasteiger charge is -2.42. The van der Waals surface area contributed by atoms with Gasteiger partial charge in [0.25, 0.3) is 0 Å². The van der Waals surface area contributed by atoms with Gasteiger partial charge in [-0.3, -0.25) is 0 Å². The number of hydrogen-bond acceptors (Lipinski definition) is 11. The standard InChI is InChI=1S/C12H23NO10/c13-4(1-14)11(7(18)5(17)2-15)23-12-10(21)9(20)8(19)6(3-16)22-12/h1,4-12,15-21H,2-3,13H2/t4-,5+,6+,7+,8-,9-,10+,11+,12-/m0/s1. The van der Waals surface area contributed by atoms with Crippen LogP contribution in [-0.2, 0) is 14.3 Å². The molecule has 0 aromatic carbocycles. The molecule has 0 amide bonds. The van der Waals surface area contributed by atoms with Crippen LogP contribution in [0.25, 0.3) is 0 Å². The minimum atomic E-state index is -1.80. The highest BCUT2D eigenvalue weighted by molar-refractivity contribution is 5.58. The fourth-order valence-corrected chi connectivity index (χ4v) is 2.14. The van der Waals surface area contributed by atoms with Crippen LogP contribution in [-0.4, -0.2) is 110 Å². The average molecular weight is 341 g/mol. The van der Waals surface area contributed by atoms with Crippen LogP contribution in [0.1, 0.15) is 0 Å². The Balaban J connectivity index is 2.91. The van der Waals surface area contributed by atoms with Gasteiger partial charge in [-0.05, 0) is 0 Å². The molecule has 1 saturated heterocycles. The van der Waals surface area contributed by atoms with E-state index in [0.717, 1.165) is 0 Å². The lowest BCUT2D eigenvalue weighted by Crippen LogP contribution is -2.62. The number of carbonyl (C=O) groups is 1. The Morgan fingerprint density at radius 2 is 1.74 bits per heavy atom. The summed E-state index contributed by atoms with van der Waals surface area (Å²) in [5.41, 5.74) is 5.46. The highest BCUT2D eigenvalue weighted by Crippen LogP contribution is 2.24. The van der Waals surface area contributed by atoms with Crippen molar-refractivity contribution in [3.05, 3.63) is 0 Å². The number of aliphatic hydroxyl groups is 7. The fourth-order valence-electron chi connectivity index (χ4n) is 2.14. The first-order valence-corrected chi connectivity index (χ1v) is 6.92. The maximum atomic E-state index is 10.8. The summed E-state index contributed by atoms with van der Waals surface area (Å²) < 4.78 is 10.2. The number of rotatable bonds is 8. The summed E-state index contributed by atoms with van der Waals surface area (Å²) in [5, 5.41) is 66.4. The summed E-state index contributed by atoms with van der Waals surface area (Å²) in [6.45, 7) is -1.54. The van der Waals surface area contributed by atoms with E-state index in [9.17, 15) is 30.3 Å². The minimum absolute atomic E-state index is 0.210. The predicted molar refractivity (Wildman–Crippen MR) is 71.8 cm³/mol. The van der Waals surface area contributed by atoms with Crippen molar-refractivity contribution >= 4 is 6.29 Å². The molecule has 1 fully saturated rings. The van der Waals surface area contributed by atoms with Gasteiger partial charge in [0, 0.05) is 0 Å². The molecule has 11 nitrogen and oxygen atoms in total. The normalized spacial score (nSPS) is 37.0. The van der Waals surface area contributed by atoms with Gasteiger partial charge in [0.15, 0.2) is 6.29 Å². The molecule has 0 spiro atoms. The Morgan fingerprint density at radius 3 is 2.22 bits per heavy atom. The van der Waals surface area contributed by atoms with E-state index in [1.165, 1.54) is 0 Å². The first kappa shape index (κ1) is 20.3. The highest BCUT2D eigenvalue weighted by atomic mass is 16.7. The molecule has 1 aliphatic heterocycles. The SMILES string of the molecule is N[C@@H](C=O)[C@@H](O[C@@H]1O[C@H](CO)[C@H](O)[C@H](O)[C@H]1O)[C@H](O)[C@H](O)CO. The van der Waals surface area contributed by atoms with Crippen molar-refractivity contribution in [1.29, 1.82) is 0 Å². The van der Waals surface area contributed by atoms with E-state index in [-0.39, 0.29) is 6.29 Å². The highest BCUT2D eigenvalue weighted by Gasteiger charge is 2.46. The zero-order valence-electron chi connectivity index (χ0n) is 12.1. The van der Waals surface area contributed by atoms with Gasteiger partial charge in [-0.1, -0.05) is 0 Å².